The molecule has 0 spiro atoms. The summed E-state index contributed by atoms with van der Waals surface area (Å²) >= 11 is 0. The maximum atomic E-state index is 10.4. The first kappa shape index (κ1) is 13.6. The van der Waals surface area contributed by atoms with E-state index in [0.717, 1.165) is 5.56 Å². The highest BCUT2D eigenvalue weighted by Gasteiger charge is 2.21. The van der Waals surface area contributed by atoms with E-state index in [2.05, 4.69) is 44.3 Å². The van der Waals surface area contributed by atoms with Crippen LogP contribution in [0, 0.1) is 0 Å². The molecule has 0 heterocycles. The van der Waals surface area contributed by atoms with E-state index in [4.69, 9.17) is 0 Å². The van der Waals surface area contributed by atoms with Crippen molar-refractivity contribution >= 4 is 0 Å². The Bertz CT molecular complexity index is 400. The van der Waals surface area contributed by atoms with Gasteiger partial charge < -0.3 is 10.4 Å². The molecule has 2 heteroatoms. The summed E-state index contributed by atoms with van der Waals surface area (Å²) in [6.07, 6.45) is 4.63. The Kier molecular flexibility index (Phi) is 4.41. The third-order valence-corrected chi connectivity index (χ3v) is 3.90. The van der Waals surface area contributed by atoms with Crippen LogP contribution < -0.4 is 5.32 Å². The van der Waals surface area contributed by atoms with Gasteiger partial charge in [0.05, 0.1) is 6.04 Å². The van der Waals surface area contributed by atoms with Gasteiger partial charge in [0.1, 0.15) is 12.1 Å². The van der Waals surface area contributed by atoms with Gasteiger partial charge in [0.15, 0.2) is 0 Å². The van der Waals surface area contributed by atoms with Gasteiger partial charge >= 0.3 is 0 Å². The molecule has 0 fully saturated rings. The van der Waals surface area contributed by atoms with Crippen molar-refractivity contribution < 1.29 is 10.4 Å². The van der Waals surface area contributed by atoms with Gasteiger partial charge in [-0.3, -0.25) is 0 Å². The van der Waals surface area contributed by atoms with Crippen LogP contribution >= 0.6 is 0 Å². The Morgan fingerprint density at radius 1 is 1.06 bits per heavy atom. The Labute approximate surface area is 110 Å². The maximum Gasteiger partial charge on any atom is 0.130 e. The number of nitrogens with two attached hydrogens (primary N) is 1. The average Bonchev–Trinajstić information content (AvgIpc) is 2.36. The Balaban J connectivity index is 2.12. The molecule has 0 amide bonds. The van der Waals surface area contributed by atoms with E-state index in [1.807, 2.05) is 0 Å². The maximum absolute atomic E-state index is 10.4. The molecule has 0 radical (unpaired) electrons. The molecule has 0 bridgehead atoms. The second-order valence-corrected chi connectivity index (χ2v) is 5.98. The van der Waals surface area contributed by atoms with Crippen LogP contribution in [0.5, 0.6) is 0 Å². The van der Waals surface area contributed by atoms with Crippen molar-refractivity contribution in [3.8, 4) is 0 Å². The molecule has 18 heavy (non-hydrogen) atoms. The molecule has 2 rings (SSSR count). The van der Waals surface area contributed by atoms with Gasteiger partial charge in [-0.15, -0.1) is 0 Å². The summed E-state index contributed by atoms with van der Waals surface area (Å²) in [6, 6.07) is 7.29. The number of hydrogen-bond acceptors (Lipinski definition) is 1. The van der Waals surface area contributed by atoms with Crippen LogP contribution in [0.4, 0.5) is 0 Å². The molecule has 0 aliphatic heterocycles. The zero-order valence-corrected chi connectivity index (χ0v) is 11.8. The number of aliphatic hydroxyl groups excluding tert-OH is 1. The molecule has 0 unspecified atom stereocenters. The van der Waals surface area contributed by atoms with Crippen LogP contribution in [0.2, 0.25) is 0 Å². The Hall–Kier alpha value is -0.860. The quantitative estimate of drug-likeness (QED) is 0.839. The standard InChI is InChI=1S/C16H25NO/c1-11(2)17-12(3)16(18)15-9-8-13-6-4-5-7-14(13)10-15/h8-12,16-18H,4-7H2,1-3H3/p+1/t12-,16-/m0/s1. The molecule has 0 saturated heterocycles. The van der Waals surface area contributed by atoms with E-state index in [9.17, 15) is 5.11 Å². The normalized spacial score (nSPS) is 18.5. The van der Waals surface area contributed by atoms with Gasteiger partial charge in [0.2, 0.25) is 0 Å². The van der Waals surface area contributed by atoms with Crippen molar-refractivity contribution in [1.29, 1.82) is 0 Å². The summed E-state index contributed by atoms with van der Waals surface area (Å²) in [5, 5.41) is 12.6. The van der Waals surface area contributed by atoms with E-state index < -0.39 is 0 Å². The van der Waals surface area contributed by atoms with Crippen molar-refractivity contribution in [3.05, 3.63) is 34.9 Å². The molecule has 100 valence electrons. The topological polar surface area (TPSA) is 36.8 Å². The minimum atomic E-state index is -0.361. The van der Waals surface area contributed by atoms with Gasteiger partial charge in [-0.1, -0.05) is 18.2 Å². The van der Waals surface area contributed by atoms with Gasteiger partial charge in [-0.2, -0.15) is 0 Å². The molecule has 2 atom stereocenters. The lowest BCUT2D eigenvalue weighted by molar-refractivity contribution is -0.720. The van der Waals surface area contributed by atoms with E-state index >= 15 is 0 Å². The number of fused-ring (bicyclic) bond motifs is 1. The van der Waals surface area contributed by atoms with Gasteiger partial charge in [-0.25, -0.2) is 0 Å². The van der Waals surface area contributed by atoms with Crippen molar-refractivity contribution in [1.82, 2.24) is 0 Å². The summed E-state index contributed by atoms with van der Waals surface area (Å²) < 4.78 is 0. The van der Waals surface area contributed by atoms with Crippen LogP contribution in [0.25, 0.3) is 0 Å². The van der Waals surface area contributed by atoms with Crippen molar-refractivity contribution in [3.63, 3.8) is 0 Å². The molecular formula is C16H26NO+. The largest absolute Gasteiger partial charge is 0.382 e. The van der Waals surface area contributed by atoms with Gasteiger partial charge in [-0.05, 0) is 63.1 Å². The van der Waals surface area contributed by atoms with Crippen LogP contribution in [-0.4, -0.2) is 17.2 Å². The Morgan fingerprint density at radius 3 is 2.39 bits per heavy atom. The van der Waals surface area contributed by atoms with Crippen LogP contribution in [0.15, 0.2) is 18.2 Å². The van der Waals surface area contributed by atoms with Crippen LogP contribution in [0.1, 0.15) is 56.4 Å². The van der Waals surface area contributed by atoms with Gasteiger partial charge in [0.25, 0.3) is 0 Å². The molecule has 0 saturated carbocycles. The molecule has 2 nitrogen and oxygen atoms in total. The highest BCUT2D eigenvalue weighted by molar-refractivity contribution is 5.35. The SMILES string of the molecule is CC(C)[NH2+][C@@H](C)[C@H](O)c1ccc2c(c1)CCCC2. The molecule has 3 N–H and O–H groups in total. The smallest absolute Gasteiger partial charge is 0.130 e. The van der Waals surface area contributed by atoms with Gasteiger partial charge in [0, 0.05) is 0 Å². The molecule has 0 aromatic heterocycles. The summed E-state index contributed by atoms with van der Waals surface area (Å²) in [5.74, 6) is 0. The Morgan fingerprint density at radius 2 is 1.72 bits per heavy atom. The van der Waals surface area contributed by atoms with Crippen molar-refractivity contribution in [2.75, 3.05) is 0 Å². The molecule has 1 aliphatic rings. The first-order valence-corrected chi connectivity index (χ1v) is 7.22. The highest BCUT2D eigenvalue weighted by atomic mass is 16.3. The van der Waals surface area contributed by atoms with Crippen molar-refractivity contribution in [2.45, 2.75) is 64.6 Å². The molecular weight excluding hydrogens is 222 g/mol. The average molecular weight is 248 g/mol. The van der Waals surface area contributed by atoms with Crippen LogP contribution in [0.3, 0.4) is 0 Å². The second-order valence-electron chi connectivity index (χ2n) is 5.98. The number of rotatable bonds is 4. The monoisotopic (exact) mass is 248 g/mol. The third kappa shape index (κ3) is 3.12. The zero-order valence-electron chi connectivity index (χ0n) is 11.8. The summed E-state index contributed by atoms with van der Waals surface area (Å²) in [5.41, 5.74) is 4.02. The number of hydrogen-bond donors (Lipinski definition) is 2. The van der Waals surface area contributed by atoms with Crippen LogP contribution in [-0.2, 0) is 12.8 Å². The summed E-state index contributed by atoms with van der Waals surface area (Å²) in [6.45, 7) is 6.43. The van der Waals surface area contributed by atoms with E-state index in [1.54, 1.807) is 0 Å². The van der Waals surface area contributed by atoms with E-state index in [1.165, 1.54) is 36.8 Å². The zero-order chi connectivity index (χ0) is 13.1. The van der Waals surface area contributed by atoms with Crippen molar-refractivity contribution in [2.24, 2.45) is 0 Å². The first-order chi connectivity index (χ1) is 8.58. The predicted molar refractivity (Wildman–Crippen MR) is 74.6 cm³/mol. The lowest BCUT2D eigenvalue weighted by Gasteiger charge is -2.22. The molecule has 1 aromatic carbocycles. The lowest BCUT2D eigenvalue weighted by Crippen LogP contribution is -2.94. The highest BCUT2D eigenvalue weighted by Crippen LogP contribution is 2.25. The number of aryl methyl sites for hydroxylation is 2. The summed E-state index contributed by atoms with van der Waals surface area (Å²) in [7, 11) is 0. The predicted octanol–water partition coefficient (Wildman–Crippen LogP) is 1.96. The molecule has 1 aliphatic carbocycles. The minimum Gasteiger partial charge on any atom is -0.382 e. The minimum absolute atomic E-state index is 0.214. The summed E-state index contributed by atoms with van der Waals surface area (Å²) in [4.78, 5) is 0. The fourth-order valence-electron chi connectivity index (χ4n) is 2.95. The first-order valence-electron chi connectivity index (χ1n) is 7.22. The van der Waals surface area contributed by atoms with E-state index in [-0.39, 0.29) is 12.1 Å². The fourth-order valence-corrected chi connectivity index (χ4v) is 2.95. The lowest BCUT2D eigenvalue weighted by atomic mass is 9.88. The molecule has 1 aromatic rings. The number of aliphatic hydroxyl groups is 1. The number of quaternary nitrogens is 1. The second kappa shape index (κ2) is 5.85. The fraction of sp³-hybridized carbons (Fsp3) is 0.625. The van der Waals surface area contributed by atoms with E-state index in [0.29, 0.717) is 6.04 Å². The number of benzene rings is 1. The third-order valence-electron chi connectivity index (χ3n) is 3.90.